The second kappa shape index (κ2) is 6.98. The van der Waals surface area contributed by atoms with E-state index >= 15 is 0 Å². The Hall–Kier alpha value is -2.18. The number of aromatic nitrogens is 2. The van der Waals surface area contributed by atoms with E-state index in [1.54, 1.807) is 10.6 Å². The predicted octanol–water partition coefficient (Wildman–Crippen LogP) is 3.66. The smallest absolute Gasteiger partial charge is 0.262 e. The third kappa shape index (κ3) is 3.32. The SMILES string of the molecule is Cc1sc2nc(-c3ccccc3Cl)n(CCCC(N)=O)c(=O)c2c1C. The second-order valence-corrected chi connectivity index (χ2v) is 7.52. The third-order valence-electron chi connectivity index (χ3n) is 4.21. The number of primary amides is 1. The summed E-state index contributed by atoms with van der Waals surface area (Å²) in [6.45, 7) is 4.27. The van der Waals surface area contributed by atoms with Crippen LogP contribution in [0.4, 0.5) is 0 Å². The topological polar surface area (TPSA) is 78.0 Å². The van der Waals surface area contributed by atoms with E-state index in [1.165, 1.54) is 11.3 Å². The molecule has 0 bridgehead atoms. The van der Waals surface area contributed by atoms with Gasteiger partial charge in [0.05, 0.1) is 10.4 Å². The highest BCUT2D eigenvalue weighted by atomic mass is 35.5. The molecule has 0 saturated heterocycles. The molecule has 2 heterocycles. The standard InChI is InChI=1S/C18H18ClN3O2S/c1-10-11(2)25-17-15(10)18(24)22(9-5-8-14(20)23)16(21-17)12-6-3-4-7-13(12)19/h3-4,6-7H,5,8-9H2,1-2H3,(H2,20,23). The maximum absolute atomic E-state index is 13.1. The first-order valence-electron chi connectivity index (χ1n) is 7.94. The maximum Gasteiger partial charge on any atom is 0.262 e. The second-order valence-electron chi connectivity index (χ2n) is 5.91. The summed E-state index contributed by atoms with van der Waals surface area (Å²) in [5, 5.41) is 1.17. The van der Waals surface area contributed by atoms with E-state index in [1.807, 2.05) is 32.0 Å². The Morgan fingerprint density at radius 2 is 2.04 bits per heavy atom. The summed E-state index contributed by atoms with van der Waals surface area (Å²) in [6, 6.07) is 7.30. The molecule has 0 spiro atoms. The molecule has 2 N–H and O–H groups in total. The Morgan fingerprint density at radius 3 is 2.72 bits per heavy atom. The molecule has 0 radical (unpaired) electrons. The molecular formula is C18H18ClN3O2S. The van der Waals surface area contributed by atoms with Gasteiger partial charge in [0.25, 0.3) is 5.56 Å². The lowest BCUT2D eigenvalue weighted by atomic mass is 10.1. The van der Waals surface area contributed by atoms with Gasteiger partial charge in [0.2, 0.25) is 5.91 Å². The van der Waals surface area contributed by atoms with Gasteiger partial charge in [-0.05, 0) is 38.0 Å². The van der Waals surface area contributed by atoms with Crippen LogP contribution < -0.4 is 11.3 Å². The van der Waals surface area contributed by atoms with E-state index in [9.17, 15) is 9.59 Å². The van der Waals surface area contributed by atoms with Crippen molar-refractivity contribution in [3.8, 4) is 11.4 Å². The molecule has 130 valence electrons. The largest absolute Gasteiger partial charge is 0.370 e. The van der Waals surface area contributed by atoms with Gasteiger partial charge in [0.1, 0.15) is 10.7 Å². The number of carbonyl (C=O) groups excluding carboxylic acids is 1. The Kier molecular flexibility index (Phi) is 4.92. The highest BCUT2D eigenvalue weighted by Crippen LogP contribution is 2.31. The van der Waals surface area contributed by atoms with Gasteiger partial charge in [-0.1, -0.05) is 23.7 Å². The normalized spacial score (nSPS) is 11.2. The molecule has 0 unspecified atom stereocenters. The van der Waals surface area contributed by atoms with E-state index in [4.69, 9.17) is 22.3 Å². The van der Waals surface area contributed by atoms with E-state index in [0.29, 0.717) is 39.6 Å². The van der Waals surface area contributed by atoms with Crippen molar-refractivity contribution in [2.24, 2.45) is 5.73 Å². The number of aryl methyl sites for hydroxylation is 2. The van der Waals surface area contributed by atoms with Gasteiger partial charge >= 0.3 is 0 Å². The van der Waals surface area contributed by atoms with Crippen LogP contribution in [-0.4, -0.2) is 15.5 Å². The van der Waals surface area contributed by atoms with Crippen molar-refractivity contribution in [2.45, 2.75) is 33.2 Å². The Bertz CT molecular complexity index is 1020. The van der Waals surface area contributed by atoms with Gasteiger partial charge in [0.15, 0.2) is 0 Å². The molecule has 5 nitrogen and oxygen atoms in total. The minimum atomic E-state index is -0.385. The molecular weight excluding hydrogens is 358 g/mol. The van der Waals surface area contributed by atoms with Crippen LogP contribution in [0.5, 0.6) is 0 Å². The first-order chi connectivity index (χ1) is 11.9. The minimum absolute atomic E-state index is 0.105. The zero-order valence-corrected chi connectivity index (χ0v) is 15.6. The zero-order valence-electron chi connectivity index (χ0n) is 14.0. The van der Waals surface area contributed by atoms with Crippen molar-refractivity contribution in [1.82, 2.24) is 9.55 Å². The summed E-state index contributed by atoms with van der Waals surface area (Å²) < 4.78 is 1.60. The van der Waals surface area contributed by atoms with Crippen LogP contribution in [-0.2, 0) is 11.3 Å². The number of halogens is 1. The van der Waals surface area contributed by atoms with Gasteiger partial charge in [-0.15, -0.1) is 11.3 Å². The molecule has 0 aliphatic heterocycles. The van der Waals surface area contributed by atoms with Crippen molar-refractivity contribution < 1.29 is 4.79 Å². The average molecular weight is 376 g/mol. The molecule has 0 aliphatic carbocycles. The van der Waals surface area contributed by atoms with E-state index < -0.39 is 0 Å². The monoisotopic (exact) mass is 375 g/mol. The first-order valence-corrected chi connectivity index (χ1v) is 9.13. The molecule has 1 amide bonds. The van der Waals surface area contributed by atoms with E-state index in [0.717, 1.165) is 10.4 Å². The summed E-state index contributed by atoms with van der Waals surface area (Å²) in [6.07, 6.45) is 0.691. The van der Waals surface area contributed by atoms with Crippen LogP contribution in [0.3, 0.4) is 0 Å². The molecule has 0 atom stereocenters. The zero-order chi connectivity index (χ0) is 18.1. The number of hydrogen-bond donors (Lipinski definition) is 1. The lowest BCUT2D eigenvalue weighted by molar-refractivity contribution is -0.118. The summed E-state index contributed by atoms with van der Waals surface area (Å²) in [7, 11) is 0. The summed E-state index contributed by atoms with van der Waals surface area (Å²) in [4.78, 5) is 30.7. The molecule has 3 aromatic rings. The number of carbonyl (C=O) groups is 1. The van der Waals surface area contributed by atoms with Crippen LogP contribution in [0.1, 0.15) is 23.3 Å². The van der Waals surface area contributed by atoms with E-state index in [-0.39, 0.29) is 17.9 Å². The van der Waals surface area contributed by atoms with Crippen molar-refractivity contribution >= 4 is 39.1 Å². The van der Waals surface area contributed by atoms with Gasteiger partial charge in [-0.3, -0.25) is 14.2 Å². The van der Waals surface area contributed by atoms with E-state index in [2.05, 4.69) is 0 Å². The highest BCUT2D eigenvalue weighted by molar-refractivity contribution is 7.18. The summed E-state index contributed by atoms with van der Waals surface area (Å²) >= 11 is 7.83. The number of hydrogen-bond acceptors (Lipinski definition) is 4. The van der Waals surface area contributed by atoms with Crippen molar-refractivity contribution in [3.05, 3.63) is 50.1 Å². The summed E-state index contributed by atoms with van der Waals surface area (Å²) in [5.74, 6) is 0.137. The maximum atomic E-state index is 13.1. The number of nitrogens with two attached hydrogens (primary N) is 1. The average Bonchev–Trinajstić information content (AvgIpc) is 2.84. The van der Waals surface area contributed by atoms with Gasteiger partial charge < -0.3 is 5.73 Å². The van der Waals surface area contributed by atoms with Crippen LogP contribution >= 0.6 is 22.9 Å². The number of amides is 1. The van der Waals surface area contributed by atoms with Crippen LogP contribution in [0.25, 0.3) is 21.6 Å². The molecule has 7 heteroatoms. The number of benzene rings is 1. The fourth-order valence-electron chi connectivity index (χ4n) is 2.79. The Labute approximate surface area is 154 Å². The number of rotatable bonds is 5. The van der Waals surface area contributed by atoms with Crippen LogP contribution in [0.15, 0.2) is 29.1 Å². The van der Waals surface area contributed by atoms with Gasteiger partial charge in [-0.2, -0.15) is 0 Å². The van der Waals surface area contributed by atoms with Crippen molar-refractivity contribution in [1.29, 1.82) is 0 Å². The first kappa shape index (κ1) is 17.6. The Morgan fingerprint density at radius 1 is 1.32 bits per heavy atom. The molecule has 3 rings (SSSR count). The third-order valence-corrected chi connectivity index (χ3v) is 5.64. The van der Waals surface area contributed by atoms with Crippen molar-refractivity contribution in [3.63, 3.8) is 0 Å². The fraction of sp³-hybridized carbons (Fsp3) is 0.278. The van der Waals surface area contributed by atoms with Crippen LogP contribution in [0.2, 0.25) is 5.02 Å². The van der Waals surface area contributed by atoms with Gasteiger partial charge in [0, 0.05) is 23.4 Å². The molecule has 2 aromatic heterocycles. The number of fused-ring (bicyclic) bond motifs is 1. The van der Waals surface area contributed by atoms with Crippen molar-refractivity contribution in [2.75, 3.05) is 0 Å². The number of thiophene rings is 1. The van der Waals surface area contributed by atoms with Crippen LogP contribution in [0, 0.1) is 13.8 Å². The predicted molar refractivity (Wildman–Crippen MR) is 102 cm³/mol. The highest BCUT2D eigenvalue weighted by Gasteiger charge is 2.18. The van der Waals surface area contributed by atoms with Gasteiger partial charge in [-0.25, -0.2) is 4.98 Å². The molecule has 0 fully saturated rings. The molecule has 1 aromatic carbocycles. The molecule has 25 heavy (non-hydrogen) atoms. The molecule has 0 aliphatic rings. The Balaban J connectivity index is 2.24. The fourth-order valence-corrected chi connectivity index (χ4v) is 4.03. The minimum Gasteiger partial charge on any atom is -0.370 e. The summed E-state index contributed by atoms with van der Waals surface area (Å²) in [5.41, 5.74) is 6.77. The lowest BCUT2D eigenvalue weighted by Gasteiger charge is -2.13. The molecule has 0 saturated carbocycles. The lowest BCUT2D eigenvalue weighted by Crippen LogP contribution is -2.24. The quantitative estimate of drug-likeness (QED) is 0.739. The number of nitrogens with zero attached hydrogens (tertiary/aromatic N) is 2.